The molecule has 1 heterocycles. The van der Waals surface area contributed by atoms with Gasteiger partial charge in [-0.1, -0.05) is 0 Å². The molecule has 0 amide bonds. The van der Waals surface area contributed by atoms with Crippen molar-refractivity contribution in [2.45, 2.75) is 16.7 Å². The summed E-state index contributed by atoms with van der Waals surface area (Å²) in [6, 6.07) is 0.928. The Hall–Kier alpha value is -0.500. The Balaban J connectivity index is 3.30. The second-order valence-corrected chi connectivity index (χ2v) is 6.71. The first-order chi connectivity index (χ1) is 6.68. The fraction of sp³-hybridized carbons (Fsp3) is 0.500. The van der Waals surface area contributed by atoms with Crippen molar-refractivity contribution in [3.05, 3.63) is 16.8 Å². The van der Waals surface area contributed by atoms with Gasteiger partial charge in [0.05, 0.1) is 6.61 Å². The molecule has 1 atom stereocenters. The van der Waals surface area contributed by atoms with Gasteiger partial charge in [0, 0.05) is 11.1 Å². The Kier molecular flexibility index (Phi) is 3.20. The molecule has 0 bridgehead atoms. The van der Waals surface area contributed by atoms with E-state index in [1.165, 1.54) is 6.92 Å². The quantitative estimate of drug-likeness (QED) is 0.823. The average Bonchev–Trinajstić information content (AvgIpc) is 2.47. The monoisotopic (exact) mass is 254 g/mol. The first-order valence-electron chi connectivity index (χ1n) is 4.01. The highest BCUT2D eigenvalue weighted by molar-refractivity contribution is 7.92. The van der Waals surface area contributed by atoms with Crippen molar-refractivity contribution < 1.29 is 23.0 Å². The summed E-state index contributed by atoms with van der Waals surface area (Å²) in [5.74, 6) is -0.897. The van der Waals surface area contributed by atoms with Crippen LogP contribution in [0.1, 0.15) is 11.8 Å². The maximum atomic E-state index is 13.2. The Bertz CT molecular complexity index is 461. The fourth-order valence-electron chi connectivity index (χ4n) is 0.948. The smallest absolute Gasteiger partial charge is 0.187 e. The van der Waals surface area contributed by atoms with E-state index < -0.39 is 32.1 Å². The third-order valence-electron chi connectivity index (χ3n) is 1.83. The molecular formula is C8H11FO4S2. The maximum absolute atomic E-state index is 13.2. The highest BCUT2D eigenvalue weighted by Gasteiger charge is 2.28. The number of thiophene rings is 1. The predicted octanol–water partition coefficient (Wildman–Crippen LogP) is 0.491. The highest BCUT2D eigenvalue weighted by Crippen LogP contribution is 2.32. The number of rotatable bonds is 3. The molecule has 1 aromatic heterocycles. The van der Waals surface area contributed by atoms with Crippen molar-refractivity contribution in [2.75, 3.05) is 12.9 Å². The Morgan fingerprint density at radius 2 is 2.13 bits per heavy atom. The molecular weight excluding hydrogens is 243 g/mol. The predicted molar refractivity (Wildman–Crippen MR) is 54.0 cm³/mol. The van der Waals surface area contributed by atoms with Gasteiger partial charge in [0.15, 0.2) is 19.9 Å². The summed E-state index contributed by atoms with van der Waals surface area (Å²) in [5.41, 5.74) is -1.62. The molecule has 0 radical (unpaired) electrons. The minimum absolute atomic E-state index is 0.0860. The van der Waals surface area contributed by atoms with Crippen LogP contribution < -0.4 is 0 Å². The number of aliphatic hydroxyl groups is 2. The van der Waals surface area contributed by atoms with Crippen LogP contribution in [0.3, 0.4) is 0 Å². The summed E-state index contributed by atoms with van der Waals surface area (Å²) in [6.07, 6.45) is 0.888. The van der Waals surface area contributed by atoms with Crippen LogP contribution in [0.4, 0.5) is 4.39 Å². The summed E-state index contributed by atoms with van der Waals surface area (Å²) in [4.78, 5) is 0.0860. The zero-order valence-electron chi connectivity index (χ0n) is 8.19. The van der Waals surface area contributed by atoms with Crippen LogP contribution in [0.2, 0.25) is 0 Å². The van der Waals surface area contributed by atoms with Crippen LogP contribution in [-0.2, 0) is 15.4 Å². The van der Waals surface area contributed by atoms with Crippen molar-refractivity contribution in [1.82, 2.24) is 0 Å². The van der Waals surface area contributed by atoms with E-state index in [-0.39, 0.29) is 4.88 Å². The van der Waals surface area contributed by atoms with E-state index in [9.17, 15) is 17.9 Å². The topological polar surface area (TPSA) is 74.6 Å². The molecule has 15 heavy (non-hydrogen) atoms. The molecule has 0 spiro atoms. The SMILES string of the molecule is CC(O)(CO)c1cc(F)c(S(C)(=O)=O)s1. The number of hydrogen-bond donors (Lipinski definition) is 2. The lowest BCUT2D eigenvalue weighted by atomic mass is 10.1. The molecule has 2 N–H and O–H groups in total. The first-order valence-corrected chi connectivity index (χ1v) is 6.72. The van der Waals surface area contributed by atoms with E-state index in [2.05, 4.69) is 0 Å². The summed E-state index contributed by atoms with van der Waals surface area (Å²) >= 11 is 0.625. The van der Waals surface area contributed by atoms with E-state index in [0.29, 0.717) is 11.3 Å². The minimum atomic E-state index is -3.63. The molecule has 4 nitrogen and oxygen atoms in total. The summed E-state index contributed by atoms with van der Waals surface area (Å²) in [5, 5.41) is 18.4. The molecule has 0 saturated heterocycles. The Morgan fingerprint density at radius 1 is 1.60 bits per heavy atom. The second-order valence-electron chi connectivity index (χ2n) is 3.45. The lowest BCUT2D eigenvalue weighted by Crippen LogP contribution is -2.24. The van der Waals surface area contributed by atoms with E-state index >= 15 is 0 Å². The largest absolute Gasteiger partial charge is 0.393 e. The third-order valence-corrected chi connectivity index (χ3v) is 5.02. The van der Waals surface area contributed by atoms with Crippen LogP contribution in [0.5, 0.6) is 0 Å². The lowest BCUT2D eigenvalue weighted by Gasteiger charge is -2.17. The minimum Gasteiger partial charge on any atom is -0.393 e. The van der Waals surface area contributed by atoms with Crippen LogP contribution >= 0.6 is 11.3 Å². The maximum Gasteiger partial charge on any atom is 0.187 e. The molecule has 0 aliphatic carbocycles. The Morgan fingerprint density at radius 3 is 2.47 bits per heavy atom. The van der Waals surface area contributed by atoms with Crippen LogP contribution in [0.25, 0.3) is 0 Å². The van der Waals surface area contributed by atoms with Gasteiger partial charge in [-0.25, -0.2) is 12.8 Å². The number of hydrogen-bond acceptors (Lipinski definition) is 5. The van der Waals surface area contributed by atoms with Gasteiger partial charge in [-0.2, -0.15) is 0 Å². The number of aliphatic hydroxyl groups excluding tert-OH is 1. The number of halogens is 1. The van der Waals surface area contributed by atoms with Gasteiger partial charge in [-0.05, 0) is 13.0 Å². The zero-order chi connectivity index (χ0) is 11.9. The van der Waals surface area contributed by atoms with Crippen molar-refractivity contribution in [3.8, 4) is 0 Å². The molecule has 0 aromatic carbocycles. The molecule has 1 rings (SSSR count). The van der Waals surface area contributed by atoms with Crippen molar-refractivity contribution in [2.24, 2.45) is 0 Å². The Labute approximate surface area is 90.9 Å². The average molecular weight is 254 g/mol. The van der Waals surface area contributed by atoms with Gasteiger partial charge in [-0.3, -0.25) is 0 Å². The van der Waals surface area contributed by atoms with Gasteiger partial charge in [0.25, 0.3) is 0 Å². The van der Waals surface area contributed by atoms with Crippen molar-refractivity contribution in [3.63, 3.8) is 0 Å². The highest BCUT2D eigenvalue weighted by atomic mass is 32.2. The van der Waals surface area contributed by atoms with Gasteiger partial charge in [0.2, 0.25) is 0 Å². The van der Waals surface area contributed by atoms with Gasteiger partial charge in [-0.15, -0.1) is 11.3 Å². The summed E-state index contributed by atoms with van der Waals surface area (Å²) in [6.45, 7) is 0.681. The molecule has 0 saturated carbocycles. The molecule has 1 aromatic rings. The molecule has 86 valence electrons. The molecule has 0 aliphatic heterocycles. The van der Waals surface area contributed by atoms with Crippen LogP contribution in [0.15, 0.2) is 10.3 Å². The second kappa shape index (κ2) is 3.82. The summed E-state index contributed by atoms with van der Waals surface area (Å²) < 4.78 is 35.0. The van der Waals surface area contributed by atoms with E-state index in [1.54, 1.807) is 0 Å². The third kappa shape index (κ3) is 2.54. The van der Waals surface area contributed by atoms with Crippen molar-refractivity contribution >= 4 is 21.2 Å². The molecule has 0 fully saturated rings. The fourth-order valence-corrected chi connectivity index (χ4v) is 3.04. The van der Waals surface area contributed by atoms with Crippen molar-refractivity contribution in [1.29, 1.82) is 0 Å². The van der Waals surface area contributed by atoms with Gasteiger partial charge in [0.1, 0.15) is 5.60 Å². The van der Waals surface area contributed by atoms with E-state index in [0.717, 1.165) is 12.3 Å². The van der Waals surface area contributed by atoms with E-state index in [1.807, 2.05) is 0 Å². The van der Waals surface area contributed by atoms with Crippen LogP contribution in [0, 0.1) is 5.82 Å². The molecule has 1 unspecified atom stereocenters. The standard InChI is InChI=1S/C8H11FO4S2/c1-8(11,4-10)6-3-5(9)7(14-6)15(2,12)13/h3,10-11H,4H2,1-2H3. The van der Waals surface area contributed by atoms with Crippen LogP contribution in [-0.4, -0.2) is 31.5 Å². The normalized spacial score (nSPS) is 16.3. The summed E-state index contributed by atoms with van der Waals surface area (Å²) in [7, 11) is -3.63. The van der Waals surface area contributed by atoms with Gasteiger partial charge < -0.3 is 10.2 Å². The van der Waals surface area contributed by atoms with E-state index in [4.69, 9.17) is 5.11 Å². The zero-order valence-corrected chi connectivity index (χ0v) is 9.82. The molecule has 7 heteroatoms. The molecule has 0 aliphatic rings. The first kappa shape index (κ1) is 12.6. The van der Waals surface area contributed by atoms with Gasteiger partial charge >= 0.3 is 0 Å². The lowest BCUT2D eigenvalue weighted by molar-refractivity contribution is 0.000655. The number of sulfone groups is 1.